The molecule has 0 amide bonds. The first-order valence-electron chi connectivity index (χ1n) is 17.1. The van der Waals surface area contributed by atoms with Gasteiger partial charge in [-0.25, -0.2) is 9.97 Å². The largest absolute Gasteiger partial charge is 0.309 e. The molecule has 0 fully saturated rings. The summed E-state index contributed by atoms with van der Waals surface area (Å²) in [4.78, 5) is 10.5. The zero-order valence-electron chi connectivity index (χ0n) is 27.7. The summed E-state index contributed by atoms with van der Waals surface area (Å²) in [5.41, 5.74) is 11.7. The molecule has 0 saturated carbocycles. The Bertz CT molecular complexity index is 2900. The molecule has 6 heteroatoms. The Morgan fingerprint density at radius 1 is 0.346 bits per heavy atom. The first-order valence-corrected chi connectivity index (χ1v) is 18.7. The fraction of sp³-hybridized carbons (Fsp3) is 0. The van der Waals surface area contributed by atoms with E-state index in [1.54, 1.807) is 0 Å². The number of benzene rings is 7. The lowest BCUT2D eigenvalue weighted by Gasteiger charge is -2.12. The number of nitrogens with zero attached hydrogens (tertiary/aromatic N) is 4. The smallest absolute Gasteiger partial charge is 0.235 e. The van der Waals surface area contributed by atoms with Crippen LogP contribution in [-0.4, -0.2) is 19.1 Å². The van der Waals surface area contributed by atoms with Gasteiger partial charge in [-0.3, -0.25) is 4.57 Å². The van der Waals surface area contributed by atoms with E-state index in [0.29, 0.717) is 5.95 Å². The van der Waals surface area contributed by atoms with E-state index >= 15 is 0 Å². The molecule has 0 aliphatic carbocycles. The zero-order chi connectivity index (χ0) is 34.8. The van der Waals surface area contributed by atoms with Crippen molar-refractivity contribution < 1.29 is 0 Å². The molecule has 7 aromatic carbocycles. The van der Waals surface area contributed by atoms with Crippen LogP contribution in [0.25, 0.3) is 88.9 Å². The number of rotatable bonds is 5. The van der Waals surface area contributed by atoms with Gasteiger partial charge in [-0.05, 0) is 83.9 Å². The number of fused-ring (bicyclic) bond motifs is 6. The molecule has 52 heavy (non-hydrogen) atoms. The monoisotopic (exact) mass is 794 g/mol. The zero-order valence-corrected chi connectivity index (χ0v) is 30.9. The van der Waals surface area contributed by atoms with Crippen LogP contribution in [0.5, 0.6) is 0 Å². The number of aromatic nitrogens is 4. The first kappa shape index (κ1) is 31.0. The van der Waals surface area contributed by atoms with Gasteiger partial charge in [0.1, 0.15) is 0 Å². The van der Waals surface area contributed by atoms with Crippen LogP contribution in [0.2, 0.25) is 0 Å². The second kappa shape index (κ2) is 12.4. The van der Waals surface area contributed by atoms with Gasteiger partial charge in [0.25, 0.3) is 0 Å². The molecule has 0 atom stereocenters. The van der Waals surface area contributed by atoms with Crippen molar-refractivity contribution in [2.45, 2.75) is 0 Å². The van der Waals surface area contributed by atoms with Crippen molar-refractivity contribution in [3.05, 3.63) is 179 Å². The van der Waals surface area contributed by atoms with Crippen molar-refractivity contribution in [1.29, 1.82) is 0 Å². The Balaban J connectivity index is 1.20. The summed E-state index contributed by atoms with van der Waals surface area (Å²) in [5, 5.41) is 4.77. The molecule has 246 valence electrons. The number of para-hydroxylation sites is 3. The summed E-state index contributed by atoms with van der Waals surface area (Å²) >= 11 is 7.19. The Kier molecular flexibility index (Phi) is 7.41. The van der Waals surface area contributed by atoms with Crippen molar-refractivity contribution >= 4 is 75.5 Å². The lowest BCUT2D eigenvalue weighted by Crippen LogP contribution is -2.04. The van der Waals surface area contributed by atoms with Gasteiger partial charge in [-0.2, -0.15) is 0 Å². The fourth-order valence-electron chi connectivity index (χ4n) is 7.44. The molecule has 10 aromatic rings. The second-order valence-electron chi connectivity index (χ2n) is 13.0. The first-order chi connectivity index (χ1) is 25.6. The van der Waals surface area contributed by atoms with E-state index in [-0.39, 0.29) is 0 Å². The SMILES string of the molecule is Brc1ccc(-c2cc(-c3ccc(Br)cc3)nc(-n3c4ccccc4c4ccc(-c5ccc6c(c5)c5ccccc5n6-c5ccccc5)cc43)n2)cc1. The van der Waals surface area contributed by atoms with Gasteiger partial charge in [-0.15, -0.1) is 0 Å². The van der Waals surface area contributed by atoms with E-state index in [0.717, 1.165) is 70.1 Å². The maximum Gasteiger partial charge on any atom is 0.235 e. The van der Waals surface area contributed by atoms with E-state index in [9.17, 15) is 0 Å². The van der Waals surface area contributed by atoms with Crippen molar-refractivity contribution in [2.24, 2.45) is 0 Å². The summed E-state index contributed by atoms with van der Waals surface area (Å²) < 4.78 is 6.63. The molecular weight excluding hydrogens is 768 g/mol. The van der Waals surface area contributed by atoms with E-state index < -0.39 is 0 Å². The predicted octanol–water partition coefficient (Wildman–Crippen LogP) is 13.2. The summed E-state index contributed by atoms with van der Waals surface area (Å²) in [6.07, 6.45) is 0. The average Bonchev–Trinajstić information content (AvgIpc) is 3.71. The molecule has 10 rings (SSSR count). The molecule has 3 heterocycles. The second-order valence-corrected chi connectivity index (χ2v) is 14.8. The van der Waals surface area contributed by atoms with Crippen LogP contribution >= 0.6 is 31.9 Å². The lowest BCUT2D eigenvalue weighted by molar-refractivity contribution is 0.995. The molecule has 0 bridgehead atoms. The third-order valence-electron chi connectivity index (χ3n) is 9.89. The highest BCUT2D eigenvalue weighted by Crippen LogP contribution is 2.38. The number of hydrogen-bond acceptors (Lipinski definition) is 2. The van der Waals surface area contributed by atoms with E-state index in [4.69, 9.17) is 9.97 Å². The van der Waals surface area contributed by atoms with Gasteiger partial charge < -0.3 is 4.57 Å². The maximum absolute atomic E-state index is 5.25. The van der Waals surface area contributed by atoms with Crippen LogP contribution in [0.4, 0.5) is 0 Å². The Labute approximate surface area is 316 Å². The van der Waals surface area contributed by atoms with Crippen molar-refractivity contribution in [3.8, 4) is 45.3 Å². The predicted molar refractivity (Wildman–Crippen MR) is 222 cm³/mol. The topological polar surface area (TPSA) is 35.6 Å². The fourth-order valence-corrected chi connectivity index (χ4v) is 7.97. The third-order valence-corrected chi connectivity index (χ3v) is 10.9. The molecule has 0 aliphatic heterocycles. The third kappa shape index (κ3) is 5.17. The standard InChI is InChI=1S/C46H28Br2N4/c47-33-20-14-29(15-21-33)40-28-41(30-16-22-34(48)23-17-30)50-46(49-40)52-43-13-7-4-10-36(43)38-24-18-32(27-45(38)52)31-19-25-44-39(26-31)37-11-5-6-12-42(37)51(44)35-8-2-1-3-9-35/h1-28H. The van der Waals surface area contributed by atoms with Crippen LogP contribution in [0.1, 0.15) is 0 Å². The minimum atomic E-state index is 0.628. The van der Waals surface area contributed by atoms with Gasteiger partial charge >= 0.3 is 0 Å². The highest BCUT2D eigenvalue weighted by Gasteiger charge is 2.19. The quantitative estimate of drug-likeness (QED) is 0.174. The van der Waals surface area contributed by atoms with E-state index in [1.807, 2.05) is 0 Å². The van der Waals surface area contributed by atoms with Crippen molar-refractivity contribution in [2.75, 3.05) is 0 Å². The molecule has 0 aliphatic rings. The molecular formula is C46H28Br2N4. The van der Waals surface area contributed by atoms with Gasteiger partial charge in [-0.1, -0.05) is 129 Å². The van der Waals surface area contributed by atoms with Crippen LogP contribution in [-0.2, 0) is 0 Å². The molecule has 3 aromatic heterocycles. The van der Waals surface area contributed by atoms with Crippen LogP contribution in [0.15, 0.2) is 179 Å². The molecule has 0 saturated heterocycles. The highest BCUT2D eigenvalue weighted by molar-refractivity contribution is 9.10. The lowest BCUT2D eigenvalue weighted by atomic mass is 10.0. The van der Waals surface area contributed by atoms with Crippen LogP contribution in [0, 0.1) is 0 Å². The average molecular weight is 797 g/mol. The van der Waals surface area contributed by atoms with E-state index in [2.05, 4.69) is 211 Å². The van der Waals surface area contributed by atoms with Crippen LogP contribution in [0.3, 0.4) is 0 Å². The molecule has 0 spiro atoms. The van der Waals surface area contributed by atoms with Gasteiger partial charge in [0.05, 0.1) is 33.5 Å². The van der Waals surface area contributed by atoms with Crippen LogP contribution < -0.4 is 0 Å². The summed E-state index contributed by atoms with van der Waals surface area (Å²) in [7, 11) is 0. The summed E-state index contributed by atoms with van der Waals surface area (Å²) in [6, 6.07) is 60.1. The maximum atomic E-state index is 5.25. The van der Waals surface area contributed by atoms with Gasteiger partial charge in [0, 0.05) is 47.3 Å². The minimum Gasteiger partial charge on any atom is -0.309 e. The van der Waals surface area contributed by atoms with Gasteiger partial charge in [0.15, 0.2) is 0 Å². The summed E-state index contributed by atoms with van der Waals surface area (Å²) in [6.45, 7) is 0. The Morgan fingerprint density at radius 2 is 0.827 bits per heavy atom. The minimum absolute atomic E-state index is 0.628. The molecule has 4 nitrogen and oxygen atoms in total. The van der Waals surface area contributed by atoms with E-state index in [1.165, 1.54) is 21.8 Å². The highest BCUT2D eigenvalue weighted by atomic mass is 79.9. The molecule has 0 radical (unpaired) electrons. The number of hydrogen-bond donors (Lipinski definition) is 0. The Hall–Kier alpha value is -5.82. The number of halogens is 2. The Morgan fingerprint density at radius 3 is 1.48 bits per heavy atom. The van der Waals surface area contributed by atoms with Crippen molar-refractivity contribution in [3.63, 3.8) is 0 Å². The van der Waals surface area contributed by atoms with Gasteiger partial charge in [0.2, 0.25) is 5.95 Å². The van der Waals surface area contributed by atoms with Crippen molar-refractivity contribution in [1.82, 2.24) is 19.1 Å². The normalized spacial score (nSPS) is 11.7. The molecule has 0 N–H and O–H groups in total. The summed E-state index contributed by atoms with van der Waals surface area (Å²) in [5.74, 6) is 0.628. The molecule has 0 unspecified atom stereocenters.